The Morgan fingerprint density at radius 1 is 1.12 bits per heavy atom. The molecule has 5 rings (SSSR count). The van der Waals surface area contributed by atoms with Crippen molar-refractivity contribution in [1.82, 2.24) is 19.4 Å². The van der Waals surface area contributed by atoms with Gasteiger partial charge in [-0.05, 0) is 56.8 Å². The van der Waals surface area contributed by atoms with E-state index in [1.165, 1.54) is 28.6 Å². The number of amides is 1. The zero-order valence-corrected chi connectivity index (χ0v) is 20.9. The Labute approximate surface area is 202 Å². The van der Waals surface area contributed by atoms with Crippen molar-refractivity contribution in [2.75, 3.05) is 32.7 Å². The summed E-state index contributed by atoms with van der Waals surface area (Å²) >= 11 is 3.06. The first-order chi connectivity index (χ1) is 16.1. The number of aryl methyl sites for hydroxylation is 2. The van der Waals surface area contributed by atoms with Gasteiger partial charge in [0.1, 0.15) is 4.83 Å². The maximum Gasteiger partial charge on any atom is 0.267 e. The minimum atomic E-state index is -0.313. The van der Waals surface area contributed by atoms with Gasteiger partial charge in [0.05, 0.1) is 16.3 Å². The average Bonchev–Trinajstić information content (AvgIpc) is 3.23. The third-order valence-electron chi connectivity index (χ3n) is 6.73. The van der Waals surface area contributed by atoms with Gasteiger partial charge >= 0.3 is 0 Å². The first-order valence-corrected chi connectivity index (χ1v) is 13.6. The van der Waals surface area contributed by atoms with E-state index < -0.39 is 0 Å². The van der Waals surface area contributed by atoms with Gasteiger partial charge in [-0.15, -0.1) is 11.3 Å². The number of fused-ring (bicyclic) bond motifs is 3. The van der Waals surface area contributed by atoms with E-state index in [4.69, 9.17) is 4.98 Å². The summed E-state index contributed by atoms with van der Waals surface area (Å²) in [7, 11) is 0. The molecule has 3 heterocycles. The number of likely N-dealkylation sites (N-methyl/N-ethyl adjacent to an activating group) is 1. The number of thioether (sulfide) groups is 1. The molecule has 1 fully saturated rings. The topological polar surface area (TPSA) is 58.4 Å². The number of benzene rings is 1. The summed E-state index contributed by atoms with van der Waals surface area (Å²) in [4.78, 5) is 38.5. The van der Waals surface area contributed by atoms with Crippen LogP contribution in [0.5, 0.6) is 0 Å². The monoisotopic (exact) mass is 482 g/mol. The number of para-hydroxylation sites is 1. The van der Waals surface area contributed by atoms with Crippen molar-refractivity contribution in [2.24, 2.45) is 0 Å². The van der Waals surface area contributed by atoms with Gasteiger partial charge in [0.25, 0.3) is 5.56 Å². The summed E-state index contributed by atoms with van der Waals surface area (Å²) < 4.78 is 1.72. The van der Waals surface area contributed by atoms with Crippen LogP contribution in [0.1, 0.15) is 37.1 Å². The van der Waals surface area contributed by atoms with Crippen LogP contribution in [-0.4, -0.2) is 63.2 Å². The van der Waals surface area contributed by atoms with Crippen molar-refractivity contribution < 1.29 is 4.79 Å². The Morgan fingerprint density at radius 2 is 1.85 bits per heavy atom. The van der Waals surface area contributed by atoms with Crippen molar-refractivity contribution in [3.8, 4) is 5.69 Å². The number of aromatic nitrogens is 2. The van der Waals surface area contributed by atoms with E-state index in [0.29, 0.717) is 5.16 Å². The fourth-order valence-corrected chi connectivity index (χ4v) is 7.13. The highest BCUT2D eigenvalue weighted by Gasteiger charge is 2.28. The molecule has 1 saturated heterocycles. The molecule has 2 aromatic heterocycles. The maximum atomic E-state index is 13.8. The predicted octanol–water partition coefficient (Wildman–Crippen LogP) is 3.97. The van der Waals surface area contributed by atoms with Crippen LogP contribution in [0.2, 0.25) is 0 Å². The van der Waals surface area contributed by atoms with E-state index in [9.17, 15) is 9.59 Å². The minimum absolute atomic E-state index is 0.00990. The molecule has 1 unspecified atom stereocenters. The van der Waals surface area contributed by atoms with Crippen LogP contribution in [0.4, 0.5) is 0 Å². The van der Waals surface area contributed by atoms with Gasteiger partial charge in [-0.1, -0.05) is 36.9 Å². The molecule has 1 aromatic carbocycles. The second kappa shape index (κ2) is 9.60. The number of nitrogens with zero attached hydrogens (tertiary/aromatic N) is 4. The number of thiophene rings is 1. The van der Waals surface area contributed by atoms with Crippen molar-refractivity contribution >= 4 is 39.2 Å². The van der Waals surface area contributed by atoms with Crippen molar-refractivity contribution in [3.63, 3.8) is 0 Å². The Hall–Kier alpha value is -2.16. The van der Waals surface area contributed by atoms with Gasteiger partial charge in [-0.2, -0.15) is 0 Å². The molecule has 1 atom stereocenters. The summed E-state index contributed by atoms with van der Waals surface area (Å²) in [5.41, 5.74) is 1.98. The average molecular weight is 483 g/mol. The zero-order valence-electron chi connectivity index (χ0n) is 19.2. The lowest BCUT2D eigenvalue weighted by molar-refractivity contribution is -0.132. The fraction of sp³-hybridized carbons (Fsp3) is 0.480. The van der Waals surface area contributed by atoms with E-state index in [2.05, 4.69) is 11.8 Å². The second-order valence-electron chi connectivity index (χ2n) is 8.78. The number of carbonyl (C=O) groups is 1. The molecule has 1 aliphatic heterocycles. The van der Waals surface area contributed by atoms with Gasteiger partial charge in [0.2, 0.25) is 5.91 Å². The van der Waals surface area contributed by atoms with Gasteiger partial charge in [-0.3, -0.25) is 14.2 Å². The van der Waals surface area contributed by atoms with Crippen LogP contribution >= 0.6 is 23.1 Å². The predicted molar refractivity (Wildman–Crippen MR) is 136 cm³/mol. The molecule has 33 heavy (non-hydrogen) atoms. The first kappa shape index (κ1) is 22.6. The highest BCUT2D eigenvalue weighted by Crippen LogP contribution is 2.36. The number of hydrogen-bond donors (Lipinski definition) is 0. The molecule has 0 spiro atoms. The third kappa shape index (κ3) is 4.36. The van der Waals surface area contributed by atoms with Gasteiger partial charge < -0.3 is 9.80 Å². The number of rotatable bonds is 5. The van der Waals surface area contributed by atoms with E-state index in [-0.39, 0.29) is 16.7 Å². The van der Waals surface area contributed by atoms with Crippen molar-refractivity contribution in [2.45, 2.75) is 49.9 Å². The molecular weight excluding hydrogens is 452 g/mol. The van der Waals surface area contributed by atoms with E-state index in [0.717, 1.165) is 67.9 Å². The highest BCUT2D eigenvalue weighted by atomic mass is 32.2. The van der Waals surface area contributed by atoms with Crippen molar-refractivity contribution in [3.05, 3.63) is 51.1 Å². The zero-order chi connectivity index (χ0) is 22.9. The molecule has 8 heteroatoms. The molecule has 0 N–H and O–H groups in total. The molecule has 174 valence electrons. The smallest absolute Gasteiger partial charge is 0.267 e. The Kier molecular flexibility index (Phi) is 6.58. The van der Waals surface area contributed by atoms with Gasteiger partial charge in [0.15, 0.2) is 5.16 Å². The highest BCUT2D eigenvalue weighted by molar-refractivity contribution is 8.00. The Bertz CT molecular complexity index is 1210. The largest absolute Gasteiger partial charge is 0.339 e. The second-order valence-corrected chi connectivity index (χ2v) is 11.2. The number of carbonyl (C=O) groups excluding carboxylic acids is 1. The van der Waals surface area contributed by atoms with Crippen molar-refractivity contribution in [1.29, 1.82) is 0 Å². The Morgan fingerprint density at radius 3 is 2.58 bits per heavy atom. The summed E-state index contributed by atoms with van der Waals surface area (Å²) in [5.74, 6) is 0.121. The molecular formula is C25H30N4O2S2. The lowest BCUT2D eigenvalue weighted by Gasteiger charge is -2.35. The maximum absolute atomic E-state index is 13.8. The Balaban J connectivity index is 1.52. The lowest BCUT2D eigenvalue weighted by atomic mass is 9.97. The first-order valence-electron chi connectivity index (χ1n) is 11.9. The van der Waals surface area contributed by atoms with Crippen LogP contribution in [-0.2, 0) is 17.6 Å². The summed E-state index contributed by atoms with van der Waals surface area (Å²) in [6.45, 7) is 8.46. The summed E-state index contributed by atoms with van der Waals surface area (Å²) in [6, 6.07) is 9.70. The van der Waals surface area contributed by atoms with Crippen LogP contribution < -0.4 is 5.56 Å². The SMILES string of the molecule is CCN1CCN(C(=O)C(C)Sc2nc3sc4c(c3c(=O)n2-c2ccccc2)CCCC4)CC1. The quantitative estimate of drug-likeness (QED) is 0.407. The molecule has 0 radical (unpaired) electrons. The molecule has 1 aliphatic carbocycles. The molecule has 1 amide bonds. The van der Waals surface area contributed by atoms with Crippen LogP contribution in [0, 0.1) is 0 Å². The molecule has 0 saturated carbocycles. The third-order valence-corrected chi connectivity index (χ3v) is 8.96. The molecule has 3 aromatic rings. The molecule has 0 bridgehead atoms. The van der Waals surface area contributed by atoms with Crippen LogP contribution in [0.15, 0.2) is 40.3 Å². The van der Waals surface area contributed by atoms with E-state index >= 15 is 0 Å². The van der Waals surface area contributed by atoms with E-state index in [1.54, 1.807) is 15.9 Å². The summed E-state index contributed by atoms with van der Waals surface area (Å²) in [6.07, 6.45) is 4.27. The normalized spacial score (nSPS) is 17.8. The van der Waals surface area contributed by atoms with Gasteiger partial charge in [0, 0.05) is 31.1 Å². The number of piperazine rings is 1. The molecule has 6 nitrogen and oxygen atoms in total. The standard InChI is InChI=1S/C25H30N4O2S2/c1-3-27-13-15-28(16-14-27)23(30)17(2)32-25-26-22-21(19-11-7-8-12-20(19)33-22)24(31)29(25)18-9-5-4-6-10-18/h4-6,9-10,17H,3,7-8,11-16H2,1-2H3. The summed E-state index contributed by atoms with van der Waals surface area (Å²) in [5, 5.41) is 1.06. The van der Waals surface area contributed by atoms with Crippen LogP contribution in [0.3, 0.4) is 0 Å². The van der Waals surface area contributed by atoms with Gasteiger partial charge in [-0.25, -0.2) is 4.98 Å². The van der Waals surface area contributed by atoms with E-state index in [1.807, 2.05) is 42.2 Å². The minimum Gasteiger partial charge on any atom is -0.339 e. The number of hydrogen-bond acceptors (Lipinski definition) is 6. The van der Waals surface area contributed by atoms with Crippen LogP contribution in [0.25, 0.3) is 15.9 Å². The fourth-order valence-electron chi connectivity index (χ4n) is 4.82. The lowest BCUT2D eigenvalue weighted by Crippen LogP contribution is -2.50. The molecule has 2 aliphatic rings.